The number of aromatic nitrogens is 2. The minimum atomic E-state index is 0.160. The molecular weight excluding hydrogens is 262 g/mol. The molecule has 0 saturated heterocycles. The van der Waals surface area contributed by atoms with E-state index < -0.39 is 0 Å². The first-order chi connectivity index (χ1) is 9.88. The van der Waals surface area contributed by atoms with Crippen molar-refractivity contribution in [3.05, 3.63) is 52.6 Å². The molecule has 0 bridgehead atoms. The van der Waals surface area contributed by atoms with E-state index in [0.29, 0.717) is 13.1 Å². The molecule has 4 nitrogen and oxygen atoms in total. The molecule has 0 N–H and O–H groups in total. The maximum Gasteiger partial charge on any atom is 0.177 e. The summed E-state index contributed by atoms with van der Waals surface area (Å²) in [6.45, 7) is 7.18. The van der Waals surface area contributed by atoms with Gasteiger partial charge < -0.3 is 4.57 Å². The van der Waals surface area contributed by atoms with Gasteiger partial charge in [-0.1, -0.05) is 6.07 Å². The van der Waals surface area contributed by atoms with Gasteiger partial charge in [-0.3, -0.25) is 9.69 Å². The van der Waals surface area contributed by atoms with Crippen molar-refractivity contribution in [3.63, 3.8) is 0 Å². The molecule has 0 aliphatic carbocycles. The third kappa shape index (κ3) is 3.58. The lowest BCUT2D eigenvalue weighted by Crippen LogP contribution is -2.27. The number of carbonyl (C=O) groups is 1. The van der Waals surface area contributed by atoms with Crippen LogP contribution in [0.5, 0.6) is 0 Å². The summed E-state index contributed by atoms with van der Waals surface area (Å²) >= 11 is 0. The van der Waals surface area contributed by atoms with E-state index >= 15 is 0 Å². The summed E-state index contributed by atoms with van der Waals surface area (Å²) in [7, 11) is 3.91. The average molecular weight is 285 g/mol. The van der Waals surface area contributed by atoms with Crippen LogP contribution in [0.1, 0.15) is 32.9 Å². The Labute approximate surface area is 126 Å². The summed E-state index contributed by atoms with van der Waals surface area (Å²) in [5.41, 5.74) is 4.26. The third-order valence-corrected chi connectivity index (χ3v) is 3.89. The van der Waals surface area contributed by atoms with E-state index in [0.717, 1.165) is 22.5 Å². The Morgan fingerprint density at radius 2 is 1.86 bits per heavy atom. The lowest BCUT2D eigenvalue weighted by molar-refractivity contribution is 0.0940. The van der Waals surface area contributed by atoms with Crippen molar-refractivity contribution < 1.29 is 4.79 Å². The van der Waals surface area contributed by atoms with Gasteiger partial charge in [-0.15, -0.1) is 0 Å². The van der Waals surface area contributed by atoms with Crippen LogP contribution in [-0.2, 0) is 13.6 Å². The van der Waals surface area contributed by atoms with Crippen molar-refractivity contribution in [3.8, 4) is 0 Å². The number of ketones is 1. The highest BCUT2D eigenvalue weighted by Gasteiger charge is 2.14. The van der Waals surface area contributed by atoms with E-state index in [2.05, 4.69) is 18.0 Å². The number of carbonyl (C=O) groups excluding carboxylic acids is 1. The quantitative estimate of drug-likeness (QED) is 0.793. The molecule has 1 aromatic carbocycles. The smallest absolute Gasteiger partial charge is 0.177 e. The molecule has 0 atom stereocenters. The lowest BCUT2D eigenvalue weighted by atomic mass is 9.98. The second-order valence-corrected chi connectivity index (χ2v) is 5.80. The monoisotopic (exact) mass is 285 g/mol. The minimum Gasteiger partial charge on any atom is -0.337 e. The summed E-state index contributed by atoms with van der Waals surface area (Å²) in [5, 5.41) is 0. The van der Waals surface area contributed by atoms with Crippen molar-refractivity contribution in [1.29, 1.82) is 0 Å². The molecule has 1 aromatic heterocycles. The van der Waals surface area contributed by atoms with Crippen LogP contribution >= 0.6 is 0 Å². The van der Waals surface area contributed by atoms with Crippen molar-refractivity contribution in [2.75, 3.05) is 13.6 Å². The molecule has 0 aliphatic rings. The first kappa shape index (κ1) is 15.4. The second-order valence-electron chi connectivity index (χ2n) is 5.80. The van der Waals surface area contributed by atoms with Crippen LogP contribution < -0.4 is 0 Å². The first-order valence-electron chi connectivity index (χ1n) is 7.14. The number of Topliss-reactive ketones (excluding diaryl/α,β-unsaturated/α-hetero) is 1. The van der Waals surface area contributed by atoms with Gasteiger partial charge in [0.25, 0.3) is 0 Å². The predicted molar refractivity (Wildman–Crippen MR) is 84.5 cm³/mol. The van der Waals surface area contributed by atoms with Gasteiger partial charge in [0.05, 0.1) is 13.1 Å². The van der Waals surface area contributed by atoms with Gasteiger partial charge in [0.2, 0.25) is 0 Å². The molecule has 2 aromatic rings. The summed E-state index contributed by atoms with van der Waals surface area (Å²) in [6, 6.07) is 4.09. The van der Waals surface area contributed by atoms with Crippen molar-refractivity contribution in [1.82, 2.24) is 14.5 Å². The van der Waals surface area contributed by atoms with Crippen LogP contribution in [0, 0.1) is 20.8 Å². The van der Waals surface area contributed by atoms with Crippen LogP contribution in [-0.4, -0.2) is 33.8 Å². The highest BCUT2D eigenvalue weighted by molar-refractivity contribution is 5.99. The molecule has 0 radical (unpaired) electrons. The molecule has 0 fully saturated rings. The van der Waals surface area contributed by atoms with Crippen LogP contribution in [0.3, 0.4) is 0 Å². The fourth-order valence-electron chi connectivity index (χ4n) is 2.44. The molecule has 0 unspecified atom stereocenters. The third-order valence-electron chi connectivity index (χ3n) is 3.89. The Bertz CT molecular complexity index is 658. The van der Waals surface area contributed by atoms with E-state index in [4.69, 9.17) is 0 Å². The number of hydrogen-bond donors (Lipinski definition) is 0. The van der Waals surface area contributed by atoms with Gasteiger partial charge in [-0.2, -0.15) is 0 Å². The standard InChI is InChI=1S/C17H23N3O/c1-12-8-14(3)15(9-13(12)2)16(21)10-19(4)11-17-18-6-7-20(17)5/h6-9H,10-11H2,1-5H3. The number of imidazole rings is 1. The molecule has 1 heterocycles. The van der Waals surface area contributed by atoms with Gasteiger partial charge >= 0.3 is 0 Å². The minimum absolute atomic E-state index is 0.160. The molecule has 4 heteroatoms. The Morgan fingerprint density at radius 1 is 1.19 bits per heavy atom. The molecule has 0 amide bonds. The molecule has 2 rings (SSSR count). The highest BCUT2D eigenvalue weighted by Crippen LogP contribution is 2.16. The van der Waals surface area contributed by atoms with Crippen LogP contribution in [0.25, 0.3) is 0 Å². The number of benzene rings is 1. The summed E-state index contributed by atoms with van der Waals surface area (Å²) in [4.78, 5) is 18.8. The van der Waals surface area contributed by atoms with Crippen LogP contribution in [0.2, 0.25) is 0 Å². The summed E-state index contributed by atoms with van der Waals surface area (Å²) in [6.07, 6.45) is 3.69. The molecule has 21 heavy (non-hydrogen) atoms. The first-order valence-corrected chi connectivity index (χ1v) is 7.14. The number of hydrogen-bond acceptors (Lipinski definition) is 3. The van der Waals surface area contributed by atoms with Gasteiger partial charge in [0, 0.05) is 25.0 Å². The highest BCUT2D eigenvalue weighted by atomic mass is 16.1. The molecule has 0 aliphatic heterocycles. The van der Waals surface area contributed by atoms with Crippen LogP contribution in [0.4, 0.5) is 0 Å². The van der Waals surface area contributed by atoms with Crippen LogP contribution in [0.15, 0.2) is 24.5 Å². The second kappa shape index (κ2) is 6.22. The lowest BCUT2D eigenvalue weighted by Gasteiger charge is -2.17. The maximum absolute atomic E-state index is 12.5. The predicted octanol–water partition coefficient (Wildman–Crippen LogP) is 2.66. The van der Waals surface area contributed by atoms with E-state index in [9.17, 15) is 4.79 Å². The van der Waals surface area contributed by atoms with E-state index in [1.807, 2.05) is 49.7 Å². The topological polar surface area (TPSA) is 38.1 Å². The SMILES string of the molecule is Cc1cc(C)c(C(=O)CN(C)Cc2nccn2C)cc1C. The Morgan fingerprint density at radius 3 is 2.48 bits per heavy atom. The van der Waals surface area contributed by atoms with Gasteiger partial charge in [-0.25, -0.2) is 4.98 Å². The zero-order valence-electron chi connectivity index (χ0n) is 13.5. The van der Waals surface area contributed by atoms with Crippen molar-refractivity contribution in [2.24, 2.45) is 7.05 Å². The summed E-state index contributed by atoms with van der Waals surface area (Å²) < 4.78 is 1.97. The fourth-order valence-corrected chi connectivity index (χ4v) is 2.44. The molecule has 0 saturated carbocycles. The molecule has 112 valence electrons. The van der Waals surface area contributed by atoms with E-state index in [1.165, 1.54) is 5.56 Å². The maximum atomic E-state index is 12.5. The number of rotatable bonds is 5. The summed E-state index contributed by atoms with van der Waals surface area (Å²) in [5.74, 6) is 1.12. The van der Waals surface area contributed by atoms with E-state index in [-0.39, 0.29) is 5.78 Å². The number of likely N-dealkylation sites (N-methyl/N-ethyl adjacent to an activating group) is 1. The molecule has 0 spiro atoms. The normalized spacial score (nSPS) is 11.1. The average Bonchev–Trinajstić information content (AvgIpc) is 2.79. The largest absolute Gasteiger partial charge is 0.337 e. The zero-order chi connectivity index (χ0) is 15.6. The Hall–Kier alpha value is -1.94. The Balaban J connectivity index is 2.07. The number of nitrogens with zero attached hydrogens (tertiary/aromatic N) is 3. The van der Waals surface area contributed by atoms with Gasteiger partial charge in [0.1, 0.15) is 5.82 Å². The zero-order valence-corrected chi connectivity index (χ0v) is 13.5. The fraction of sp³-hybridized carbons (Fsp3) is 0.412. The van der Waals surface area contributed by atoms with E-state index in [1.54, 1.807) is 6.20 Å². The Kier molecular flexibility index (Phi) is 4.58. The number of aryl methyl sites for hydroxylation is 4. The molecular formula is C17H23N3O. The van der Waals surface area contributed by atoms with Crippen molar-refractivity contribution in [2.45, 2.75) is 27.3 Å². The van der Waals surface area contributed by atoms with Gasteiger partial charge in [-0.05, 0) is 50.6 Å². The van der Waals surface area contributed by atoms with Crippen molar-refractivity contribution >= 4 is 5.78 Å². The van der Waals surface area contributed by atoms with Gasteiger partial charge in [0.15, 0.2) is 5.78 Å².